The fourth-order valence-corrected chi connectivity index (χ4v) is 3.45. The lowest BCUT2D eigenvalue weighted by Crippen LogP contribution is -2.39. The van der Waals surface area contributed by atoms with Gasteiger partial charge in [0.15, 0.2) is 0 Å². The SMILES string of the molecule is CCN1C(=O)[C@H]2[C@H]3CC[C@@](C)(O3)[C@H]2C1=O. The summed E-state index contributed by atoms with van der Waals surface area (Å²) in [7, 11) is 0. The predicted molar refractivity (Wildman–Crippen MR) is 51.9 cm³/mol. The molecule has 3 aliphatic rings. The van der Waals surface area contributed by atoms with Crippen LogP contribution in [-0.4, -0.2) is 35.0 Å². The molecule has 0 aromatic heterocycles. The first-order valence-corrected chi connectivity index (χ1v) is 5.61. The highest BCUT2D eigenvalue weighted by molar-refractivity contribution is 6.06. The molecular weight excluding hydrogens is 194 g/mol. The van der Waals surface area contributed by atoms with Gasteiger partial charge in [-0.2, -0.15) is 0 Å². The lowest BCUT2D eigenvalue weighted by molar-refractivity contribution is -0.144. The highest BCUT2D eigenvalue weighted by Crippen LogP contribution is 2.54. The van der Waals surface area contributed by atoms with Crippen LogP contribution in [0, 0.1) is 11.8 Å². The smallest absolute Gasteiger partial charge is 0.236 e. The first-order valence-electron chi connectivity index (χ1n) is 5.61. The van der Waals surface area contributed by atoms with Gasteiger partial charge in [-0.1, -0.05) is 0 Å². The summed E-state index contributed by atoms with van der Waals surface area (Å²) in [4.78, 5) is 25.4. The van der Waals surface area contributed by atoms with Gasteiger partial charge in [-0.25, -0.2) is 0 Å². The maximum Gasteiger partial charge on any atom is 0.236 e. The zero-order valence-electron chi connectivity index (χ0n) is 9.03. The van der Waals surface area contributed by atoms with E-state index in [1.807, 2.05) is 13.8 Å². The number of ether oxygens (including phenoxy) is 1. The summed E-state index contributed by atoms with van der Waals surface area (Å²) in [5.41, 5.74) is -0.369. The number of rotatable bonds is 1. The molecule has 3 fully saturated rings. The second-order valence-corrected chi connectivity index (χ2v) is 4.93. The summed E-state index contributed by atoms with van der Waals surface area (Å²) in [5, 5.41) is 0. The molecule has 3 rings (SSSR count). The Morgan fingerprint density at radius 3 is 2.80 bits per heavy atom. The van der Waals surface area contributed by atoms with Crippen molar-refractivity contribution in [2.75, 3.05) is 6.54 Å². The first kappa shape index (κ1) is 9.33. The van der Waals surface area contributed by atoms with Gasteiger partial charge in [0, 0.05) is 6.54 Å². The van der Waals surface area contributed by atoms with Crippen LogP contribution in [0.1, 0.15) is 26.7 Å². The molecular formula is C11H15NO3. The molecule has 3 heterocycles. The van der Waals surface area contributed by atoms with Gasteiger partial charge >= 0.3 is 0 Å². The molecule has 2 amide bonds. The Morgan fingerprint density at radius 2 is 2.20 bits per heavy atom. The molecule has 0 saturated carbocycles. The number of amides is 2. The minimum Gasteiger partial charge on any atom is -0.370 e. The van der Waals surface area contributed by atoms with Gasteiger partial charge in [0.2, 0.25) is 11.8 Å². The van der Waals surface area contributed by atoms with Crippen LogP contribution in [0.4, 0.5) is 0 Å². The second kappa shape index (κ2) is 2.61. The highest BCUT2D eigenvalue weighted by Gasteiger charge is 2.67. The Morgan fingerprint density at radius 1 is 1.47 bits per heavy atom. The highest BCUT2D eigenvalue weighted by atomic mass is 16.5. The maximum atomic E-state index is 12.0. The van der Waals surface area contributed by atoms with E-state index >= 15 is 0 Å². The molecule has 3 saturated heterocycles. The Hall–Kier alpha value is -0.900. The van der Waals surface area contributed by atoms with E-state index in [-0.39, 0.29) is 35.4 Å². The minimum absolute atomic E-state index is 0.00648. The molecule has 3 aliphatic heterocycles. The van der Waals surface area contributed by atoms with Crippen molar-refractivity contribution in [2.45, 2.75) is 38.4 Å². The average molecular weight is 209 g/mol. The number of likely N-dealkylation sites (tertiary alicyclic amines) is 1. The molecule has 0 spiro atoms. The zero-order valence-corrected chi connectivity index (χ0v) is 9.03. The van der Waals surface area contributed by atoms with Crippen LogP contribution in [-0.2, 0) is 14.3 Å². The largest absolute Gasteiger partial charge is 0.370 e. The van der Waals surface area contributed by atoms with E-state index in [9.17, 15) is 9.59 Å². The van der Waals surface area contributed by atoms with Crippen LogP contribution >= 0.6 is 0 Å². The van der Waals surface area contributed by atoms with Crippen LogP contribution in [0.25, 0.3) is 0 Å². The summed E-state index contributed by atoms with van der Waals surface area (Å²) in [5.74, 6) is -0.418. The molecule has 4 atom stereocenters. The maximum absolute atomic E-state index is 12.0. The lowest BCUT2D eigenvalue weighted by atomic mass is 9.74. The molecule has 0 aromatic carbocycles. The Labute approximate surface area is 88.6 Å². The van der Waals surface area contributed by atoms with Gasteiger partial charge in [-0.05, 0) is 26.7 Å². The monoisotopic (exact) mass is 209 g/mol. The second-order valence-electron chi connectivity index (χ2n) is 4.93. The lowest BCUT2D eigenvalue weighted by Gasteiger charge is -2.26. The normalized spacial score (nSPS) is 47.9. The van der Waals surface area contributed by atoms with Gasteiger partial charge in [-0.15, -0.1) is 0 Å². The molecule has 0 aromatic rings. The van der Waals surface area contributed by atoms with Gasteiger partial charge in [0.1, 0.15) is 0 Å². The van der Waals surface area contributed by atoms with Crippen molar-refractivity contribution in [3.63, 3.8) is 0 Å². The van der Waals surface area contributed by atoms with E-state index in [4.69, 9.17) is 4.74 Å². The average Bonchev–Trinajstić information content (AvgIpc) is 2.77. The Bertz CT molecular complexity index is 354. The summed E-state index contributed by atoms with van der Waals surface area (Å²) < 4.78 is 5.79. The first-order chi connectivity index (χ1) is 7.08. The third-order valence-electron chi connectivity index (χ3n) is 4.16. The van der Waals surface area contributed by atoms with E-state index in [1.165, 1.54) is 4.90 Å². The number of nitrogens with zero attached hydrogens (tertiary/aromatic N) is 1. The van der Waals surface area contributed by atoms with E-state index in [0.717, 1.165) is 12.8 Å². The van der Waals surface area contributed by atoms with Crippen molar-refractivity contribution >= 4 is 11.8 Å². The molecule has 0 N–H and O–H groups in total. The molecule has 82 valence electrons. The van der Waals surface area contributed by atoms with Crippen LogP contribution in [0.3, 0.4) is 0 Å². The predicted octanol–water partition coefficient (Wildman–Crippen LogP) is 0.559. The van der Waals surface area contributed by atoms with Gasteiger partial charge in [0.25, 0.3) is 0 Å². The molecule has 0 radical (unpaired) electrons. The fourth-order valence-electron chi connectivity index (χ4n) is 3.45. The van der Waals surface area contributed by atoms with E-state index in [0.29, 0.717) is 6.54 Å². The zero-order chi connectivity index (χ0) is 10.8. The van der Waals surface area contributed by atoms with E-state index in [1.54, 1.807) is 0 Å². The van der Waals surface area contributed by atoms with E-state index < -0.39 is 0 Å². The van der Waals surface area contributed by atoms with Crippen LogP contribution < -0.4 is 0 Å². The Balaban J connectivity index is 2.03. The third-order valence-corrected chi connectivity index (χ3v) is 4.16. The number of carbonyl (C=O) groups is 2. The summed E-state index contributed by atoms with van der Waals surface area (Å²) >= 11 is 0. The van der Waals surface area contributed by atoms with Crippen LogP contribution in [0.15, 0.2) is 0 Å². The fraction of sp³-hybridized carbons (Fsp3) is 0.818. The summed E-state index contributed by atoms with van der Waals surface area (Å²) in [6.45, 7) is 4.32. The van der Waals surface area contributed by atoms with Gasteiger partial charge < -0.3 is 4.74 Å². The van der Waals surface area contributed by atoms with Crippen molar-refractivity contribution in [3.8, 4) is 0 Å². The van der Waals surface area contributed by atoms with E-state index in [2.05, 4.69) is 0 Å². The number of hydrogen-bond donors (Lipinski definition) is 0. The van der Waals surface area contributed by atoms with Gasteiger partial charge in [-0.3, -0.25) is 14.5 Å². The topological polar surface area (TPSA) is 46.6 Å². The molecule has 15 heavy (non-hydrogen) atoms. The number of hydrogen-bond acceptors (Lipinski definition) is 3. The van der Waals surface area contributed by atoms with Gasteiger partial charge in [0.05, 0.1) is 23.5 Å². The Kier molecular flexibility index (Phi) is 1.63. The van der Waals surface area contributed by atoms with Crippen molar-refractivity contribution in [1.82, 2.24) is 4.90 Å². The molecule has 4 heteroatoms. The number of fused-ring (bicyclic) bond motifs is 5. The van der Waals surface area contributed by atoms with Crippen LogP contribution in [0.5, 0.6) is 0 Å². The number of imide groups is 1. The third kappa shape index (κ3) is 0.911. The standard InChI is InChI=1S/C11H15NO3/c1-3-12-9(13)7-6-4-5-11(2,15-6)8(7)10(12)14/h6-8H,3-5H2,1-2H3/t6-,7+,8-,11-/m1/s1. The van der Waals surface area contributed by atoms with Crippen molar-refractivity contribution in [1.29, 1.82) is 0 Å². The summed E-state index contributed by atoms with van der Waals surface area (Å²) in [6.07, 6.45) is 1.83. The number of carbonyl (C=O) groups excluding carboxylic acids is 2. The summed E-state index contributed by atoms with van der Waals surface area (Å²) in [6, 6.07) is 0. The molecule has 0 aliphatic carbocycles. The van der Waals surface area contributed by atoms with Crippen molar-refractivity contribution in [3.05, 3.63) is 0 Å². The molecule has 0 unspecified atom stereocenters. The molecule has 2 bridgehead atoms. The van der Waals surface area contributed by atoms with Crippen molar-refractivity contribution < 1.29 is 14.3 Å². The van der Waals surface area contributed by atoms with Crippen molar-refractivity contribution in [2.24, 2.45) is 11.8 Å². The minimum atomic E-state index is -0.369. The molecule has 4 nitrogen and oxygen atoms in total. The quantitative estimate of drug-likeness (QED) is 0.593. The van der Waals surface area contributed by atoms with Crippen LogP contribution in [0.2, 0.25) is 0 Å².